The van der Waals surface area contributed by atoms with Gasteiger partial charge in [0.15, 0.2) is 17.5 Å². The molecule has 0 radical (unpaired) electrons. The lowest BCUT2D eigenvalue weighted by atomic mass is 10.1. The van der Waals surface area contributed by atoms with Crippen LogP contribution in [0.2, 0.25) is 5.02 Å². The van der Waals surface area contributed by atoms with Gasteiger partial charge in [0.2, 0.25) is 0 Å². The molecule has 0 saturated heterocycles. The van der Waals surface area contributed by atoms with Crippen molar-refractivity contribution in [2.45, 2.75) is 19.4 Å². The van der Waals surface area contributed by atoms with Crippen molar-refractivity contribution in [3.8, 4) is 0 Å². The zero-order valence-electron chi connectivity index (χ0n) is 14.2. The van der Waals surface area contributed by atoms with E-state index >= 15 is 0 Å². The van der Waals surface area contributed by atoms with Crippen molar-refractivity contribution in [2.75, 3.05) is 11.9 Å². The third kappa shape index (κ3) is 5.71. The monoisotopic (exact) mass is 514 g/mol. The fraction of sp³-hybridized carbons (Fsp3) is 0.235. The maximum absolute atomic E-state index is 14.3. The van der Waals surface area contributed by atoms with E-state index in [1.54, 1.807) is 12.1 Å². The molecule has 0 bridgehead atoms. The molecule has 2 rings (SSSR count). The van der Waals surface area contributed by atoms with Gasteiger partial charge < -0.3 is 10.4 Å². The van der Waals surface area contributed by atoms with Crippen LogP contribution in [0.1, 0.15) is 24.2 Å². The Bertz CT molecular complexity index is 875. The highest BCUT2D eigenvalue weighted by Crippen LogP contribution is 2.32. The highest BCUT2D eigenvalue weighted by molar-refractivity contribution is 14.1. The second kappa shape index (κ2) is 8.63. The van der Waals surface area contributed by atoms with Crippen molar-refractivity contribution in [1.29, 1.82) is 0 Å². The van der Waals surface area contributed by atoms with Gasteiger partial charge in [-0.15, -0.1) is 0 Å². The van der Waals surface area contributed by atoms with Gasteiger partial charge >= 0.3 is 0 Å². The predicted molar refractivity (Wildman–Crippen MR) is 103 cm³/mol. The summed E-state index contributed by atoms with van der Waals surface area (Å²) in [6.45, 7) is 2.58. The number of nitrogens with one attached hydrogen (secondary N) is 2. The van der Waals surface area contributed by atoms with Crippen molar-refractivity contribution in [3.63, 3.8) is 0 Å². The molecule has 0 atom stereocenters. The number of benzene rings is 2. The van der Waals surface area contributed by atoms with E-state index in [-0.39, 0.29) is 17.3 Å². The summed E-state index contributed by atoms with van der Waals surface area (Å²) < 4.78 is 42.4. The Kier molecular flexibility index (Phi) is 6.95. The van der Waals surface area contributed by atoms with Crippen LogP contribution in [0.4, 0.5) is 24.5 Å². The van der Waals surface area contributed by atoms with Gasteiger partial charge in [0.05, 0.1) is 27.6 Å². The van der Waals surface area contributed by atoms with Crippen LogP contribution in [0.15, 0.2) is 24.3 Å². The quantitative estimate of drug-likeness (QED) is 0.301. The van der Waals surface area contributed by atoms with Gasteiger partial charge in [0, 0.05) is 3.57 Å². The molecule has 146 valence electrons. The summed E-state index contributed by atoms with van der Waals surface area (Å²) in [5.74, 6) is -5.91. The van der Waals surface area contributed by atoms with E-state index in [2.05, 4.69) is 5.32 Å². The van der Waals surface area contributed by atoms with Gasteiger partial charge in [-0.05, 0) is 60.7 Å². The molecule has 0 fully saturated rings. The Morgan fingerprint density at radius 1 is 1.26 bits per heavy atom. The third-order valence-corrected chi connectivity index (χ3v) is 4.17. The van der Waals surface area contributed by atoms with Crippen molar-refractivity contribution < 1.29 is 27.9 Å². The Hall–Kier alpha value is -1.56. The minimum Gasteiger partial charge on any atom is -0.388 e. The molecule has 0 aliphatic carbocycles. The lowest BCUT2D eigenvalue weighted by Gasteiger charge is -2.18. The molecule has 0 aliphatic rings. The summed E-state index contributed by atoms with van der Waals surface area (Å²) in [4.78, 5) is 17.1. The zero-order valence-corrected chi connectivity index (χ0v) is 17.1. The van der Waals surface area contributed by atoms with Crippen LogP contribution < -0.4 is 10.8 Å². The fourth-order valence-corrected chi connectivity index (χ4v) is 2.86. The van der Waals surface area contributed by atoms with Crippen LogP contribution in [0.5, 0.6) is 0 Å². The number of anilines is 2. The molecule has 27 heavy (non-hydrogen) atoms. The van der Waals surface area contributed by atoms with Crippen LogP contribution >= 0.6 is 34.2 Å². The van der Waals surface area contributed by atoms with Crippen LogP contribution in [0.25, 0.3) is 0 Å². The van der Waals surface area contributed by atoms with Crippen LogP contribution in [0, 0.1) is 21.0 Å². The van der Waals surface area contributed by atoms with Gasteiger partial charge in [-0.1, -0.05) is 11.6 Å². The van der Waals surface area contributed by atoms with Gasteiger partial charge in [0.25, 0.3) is 5.91 Å². The molecule has 0 unspecified atom stereocenters. The second-order valence-electron chi connectivity index (χ2n) is 6.19. The van der Waals surface area contributed by atoms with Crippen molar-refractivity contribution in [1.82, 2.24) is 5.48 Å². The van der Waals surface area contributed by atoms with E-state index in [0.29, 0.717) is 6.07 Å². The smallest absolute Gasteiger partial charge is 0.277 e. The first-order valence-electron chi connectivity index (χ1n) is 7.53. The molecule has 3 N–H and O–H groups in total. The summed E-state index contributed by atoms with van der Waals surface area (Å²) in [5, 5.41) is 12.3. The average Bonchev–Trinajstić information content (AvgIpc) is 2.55. The molecular weight excluding hydrogens is 500 g/mol. The second-order valence-corrected chi connectivity index (χ2v) is 7.84. The number of hydroxylamine groups is 1. The minimum atomic E-state index is -1.74. The first-order valence-corrected chi connectivity index (χ1v) is 8.99. The van der Waals surface area contributed by atoms with Crippen molar-refractivity contribution >= 4 is 51.5 Å². The van der Waals surface area contributed by atoms with Gasteiger partial charge in [0.1, 0.15) is 6.61 Å². The molecule has 0 spiro atoms. The van der Waals surface area contributed by atoms with Crippen LogP contribution in [0.3, 0.4) is 0 Å². The Morgan fingerprint density at radius 3 is 2.52 bits per heavy atom. The van der Waals surface area contributed by atoms with E-state index in [1.165, 1.54) is 19.9 Å². The van der Waals surface area contributed by atoms with Crippen molar-refractivity contribution in [3.05, 3.63) is 55.9 Å². The SMILES string of the molecule is CC(C)(O)CONC(=O)c1cc(F)c(F)c(F)c1Nc1ccc(I)cc1Cl. The van der Waals surface area contributed by atoms with Gasteiger partial charge in [-0.2, -0.15) is 0 Å². The third-order valence-electron chi connectivity index (χ3n) is 3.19. The van der Waals surface area contributed by atoms with E-state index < -0.39 is 40.2 Å². The van der Waals surface area contributed by atoms with E-state index in [9.17, 15) is 23.1 Å². The Labute approximate surface area is 171 Å². The molecule has 2 aromatic rings. The molecule has 10 heteroatoms. The first kappa shape index (κ1) is 21.7. The Balaban J connectivity index is 2.37. The number of rotatable bonds is 6. The molecule has 2 aromatic carbocycles. The highest BCUT2D eigenvalue weighted by atomic mass is 127. The number of hydrogen-bond acceptors (Lipinski definition) is 4. The molecule has 0 aromatic heterocycles. The normalized spacial score (nSPS) is 11.4. The maximum atomic E-state index is 14.3. The lowest BCUT2D eigenvalue weighted by molar-refractivity contribution is -0.0522. The van der Waals surface area contributed by atoms with Crippen molar-refractivity contribution in [2.24, 2.45) is 0 Å². The van der Waals surface area contributed by atoms with E-state index in [1.807, 2.05) is 28.1 Å². The summed E-state index contributed by atoms with van der Waals surface area (Å²) in [7, 11) is 0. The maximum Gasteiger partial charge on any atom is 0.277 e. The fourth-order valence-electron chi connectivity index (χ4n) is 1.96. The number of carbonyl (C=O) groups is 1. The number of amides is 1. The number of halogens is 5. The standard InChI is InChI=1S/C17H15ClF3IN2O3/c1-17(2,26)7-27-24-16(25)9-6-11(19)13(20)14(21)15(9)23-12-4-3-8(22)5-10(12)18/h3-6,23,26H,7H2,1-2H3,(H,24,25). The Morgan fingerprint density at radius 2 is 1.93 bits per heavy atom. The van der Waals surface area contributed by atoms with Gasteiger partial charge in [-0.3, -0.25) is 9.63 Å². The lowest BCUT2D eigenvalue weighted by Crippen LogP contribution is -2.33. The molecule has 0 aliphatic heterocycles. The van der Waals surface area contributed by atoms with Gasteiger partial charge in [-0.25, -0.2) is 18.7 Å². The highest BCUT2D eigenvalue weighted by Gasteiger charge is 2.24. The van der Waals surface area contributed by atoms with E-state index in [0.717, 1.165) is 3.57 Å². The van der Waals surface area contributed by atoms with E-state index in [4.69, 9.17) is 16.4 Å². The topological polar surface area (TPSA) is 70.6 Å². The molecule has 0 heterocycles. The summed E-state index contributed by atoms with van der Waals surface area (Å²) in [6.07, 6.45) is 0. The molecule has 1 amide bonds. The zero-order chi connectivity index (χ0) is 20.4. The number of carbonyl (C=O) groups excluding carboxylic acids is 1. The minimum absolute atomic E-state index is 0.188. The molecule has 0 saturated carbocycles. The predicted octanol–water partition coefficient (Wildman–Crippen LogP) is 4.54. The molecular formula is C17H15ClF3IN2O3. The number of aliphatic hydroxyl groups is 1. The average molecular weight is 515 g/mol. The summed E-state index contributed by atoms with van der Waals surface area (Å²) in [5.41, 5.74) is -0.263. The molecule has 5 nitrogen and oxygen atoms in total. The van der Waals surface area contributed by atoms with Crippen LogP contribution in [-0.4, -0.2) is 23.2 Å². The largest absolute Gasteiger partial charge is 0.388 e. The number of hydrogen-bond donors (Lipinski definition) is 3. The first-order chi connectivity index (χ1) is 12.5. The summed E-state index contributed by atoms with van der Waals surface area (Å²) >= 11 is 8.07. The van der Waals surface area contributed by atoms with Crippen LogP contribution in [-0.2, 0) is 4.84 Å². The summed E-state index contributed by atoms with van der Waals surface area (Å²) in [6, 6.07) is 5.24.